The Labute approximate surface area is 124 Å². The van der Waals surface area contributed by atoms with Gasteiger partial charge >= 0.3 is 0 Å². The minimum absolute atomic E-state index is 0.257. The van der Waals surface area contributed by atoms with Crippen molar-refractivity contribution in [2.75, 3.05) is 5.32 Å². The second-order valence-electron chi connectivity index (χ2n) is 4.54. The Morgan fingerprint density at radius 3 is 2.70 bits per heavy atom. The maximum Gasteiger partial charge on any atom is 0.291 e. The molecule has 3 aromatic rings. The van der Waals surface area contributed by atoms with Gasteiger partial charge in [-0.15, -0.1) is 0 Å². The Hall–Kier alpha value is -2.07. The van der Waals surface area contributed by atoms with Crippen LogP contribution in [0.3, 0.4) is 0 Å². The maximum atomic E-state index is 12.2. The summed E-state index contributed by atoms with van der Waals surface area (Å²) in [5.74, 6) is 0.0533. The molecule has 0 aliphatic heterocycles. The van der Waals surface area contributed by atoms with Gasteiger partial charge in [0, 0.05) is 9.86 Å². The van der Waals surface area contributed by atoms with Crippen LogP contribution in [-0.4, -0.2) is 5.91 Å². The molecule has 0 bridgehead atoms. The lowest BCUT2D eigenvalue weighted by molar-refractivity contribution is 0.0998. The highest BCUT2D eigenvalue weighted by Gasteiger charge is 2.14. The van der Waals surface area contributed by atoms with E-state index in [0.29, 0.717) is 5.76 Å². The van der Waals surface area contributed by atoms with Gasteiger partial charge < -0.3 is 9.73 Å². The SMILES string of the molecule is Cc1cccc2cc(C(=O)Nc3ccccc3Br)oc12. The molecule has 3 rings (SSSR count). The number of halogens is 1. The number of fused-ring (bicyclic) bond motifs is 1. The molecule has 100 valence electrons. The Balaban J connectivity index is 1.93. The van der Waals surface area contributed by atoms with E-state index in [-0.39, 0.29) is 5.91 Å². The fourth-order valence-corrected chi connectivity index (χ4v) is 2.45. The Kier molecular flexibility index (Phi) is 3.32. The van der Waals surface area contributed by atoms with Gasteiger partial charge in [0.15, 0.2) is 5.76 Å². The third-order valence-corrected chi connectivity index (χ3v) is 3.78. The lowest BCUT2D eigenvalue weighted by Gasteiger charge is -2.04. The summed E-state index contributed by atoms with van der Waals surface area (Å²) in [5, 5.41) is 3.76. The number of hydrogen-bond acceptors (Lipinski definition) is 2. The fourth-order valence-electron chi connectivity index (χ4n) is 2.07. The number of para-hydroxylation sites is 2. The highest BCUT2D eigenvalue weighted by molar-refractivity contribution is 9.10. The predicted octanol–water partition coefficient (Wildman–Crippen LogP) is 4.76. The summed E-state index contributed by atoms with van der Waals surface area (Å²) in [6, 6.07) is 15.1. The molecule has 1 amide bonds. The molecule has 0 saturated carbocycles. The van der Waals surface area contributed by atoms with Crippen molar-refractivity contribution < 1.29 is 9.21 Å². The molecule has 0 unspecified atom stereocenters. The summed E-state index contributed by atoms with van der Waals surface area (Å²) < 4.78 is 6.48. The molecule has 0 saturated heterocycles. The number of carbonyl (C=O) groups is 1. The van der Waals surface area contributed by atoms with Crippen molar-refractivity contribution in [1.29, 1.82) is 0 Å². The van der Waals surface area contributed by atoms with Gasteiger partial charge in [0.2, 0.25) is 0 Å². The average Bonchev–Trinajstić information content (AvgIpc) is 2.87. The van der Waals surface area contributed by atoms with E-state index < -0.39 is 0 Å². The topological polar surface area (TPSA) is 42.2 Å². The maximum absolute atomic E-state index is 12.2. The Bertz CT molecular complexity index is 792. The van der Waals surface area contributed by atoms with Gasteiger partial charge in [-0.2, -0.15) is 0 Å². The fraction of sp³-hybridized carbons (Fsp3) is 0.0625. The lowest BCUT2D eigenvalue weighted by atomic mass is 10.2. The van der Waals surface area contributed by atoms with Crippen molar-refractivity contribution in [2.45, 2.75) is 6.92 Å². The van der Waals surface area contributed by atoms with Crippen molar-refractivity contribution in [3.63, 3.8) is 0 Å². The number of rotatable bonds is 2. The number of furan rings is 1. The first kappa shape index (κ1) is 12.9. The molecule has 2 aromatic carbocycles. The van der Waals surface area contributed by atoms with Gasteiger partial charge in [-0.1, -0.05) is 30.3 Å². The van der Waals surface area contributed by atoms with Gasteiger partial charge in [-0.3, -0.25) is 4.79 Å². The Morgan fingerprint density at radius 1 is 1.15 bits per heavy atom. The van der Waals surface area contributed by atoms with Crippen molar-refractivity contribution >= 4 is 38.5 Å². The van der Waals surface area contributed by atoms with Crippen LogP contribution in [-0.2, 0) is 0 Å². The molecule has 0 fully saturated rings. The van der Waals surface area contributed by atoms with Gasteiger partial charge in [-0.25, -0.2) is 0 Å². The predicted molar refractivity (Wildman–Crippen MR) is 83.0 cm³/mol. The minimum atomic E-state index is -0.257. The van der Waals surface area contributed by atoms with Gasteiger partial charge in [0.1, 0.15) is 5.58 Å². The molecule has 3 nitrogen and oxygen atoms in total. The third kappa shape index (κ3) is 2.34. The summed E-state index contributed by atoms with van der Waals surface area (Å²) in [5.41, 5.74) is 2.49. The van der Waals surface area contributed by atoms with Gasteiger partial charge in [0.05, 0.1) is 5.69 Å². The zero-order valence-corrected chi connectivity index (χ0v) is 12.4. The standard InChI is InChI=1S/C16H12BrNO2/c1-10-5-4-6-11-9-14(20-15(10)11)16(19)18-13-8-3-2-7-12(13)17/h2-9H,1H3,(H,18,19). The van der Waals surface area contributed by atoms with E-state index in [0.717, 1.165) is 26.7 Å². The normalized spacial score (nSPS) is 10.7. The molecule has 0 atom stereocenters. The lowest BCUT2D eigenvalue weighted by Crippen LogP contribution is -2.11. The average molecular weight is 330 g/mol. The summed E-state index contributed by atoms with van der Waals surface area (Å²) in [7, 11) is 0. The second-order valence-corrected chi connectivity index (χ2v) is 5.39. The van der Waals surface area contributed by atoms with E-state index in [1.165, 1.54) is 0 Å². The molecule has 0 spiro atoms. The molecule has 0 aliphatic carbocycles. The van der Waals surface area contributed by atoms with Crippen LogP contribution in [0.25, 0.3) is 11.0 Å². The number of hydrogen-bond donors (Lipinski definition) is 1. The van der Waals surface area contributed by atoms with Crippen molar-refractivity contribution in [3.8, 4) is 0 Å². The molecule has 1 heterocycles. The summed E-state index contributed by atoms with van der Waals surface area (Å²) in [4.78, 5) is 12.2. The van der Waals surface area contributed by atoms with Gasteiger partial charge in [-0.05, 0) is 46.6 Å². The molecular weight excluding hydrogens is 318 g/mol. The summed E-state index contributed by atoms with van der Waals surface area (Å²) in [6.07, 6.45) is 0. The number of benzene rings is 2. The van der Waals surface area contributed by atoms with Crippen LogP contribution >= 0.6 is 15.9 Å². The highest BCUT2D eigenvalue weighted by atomic mass is 79.9. The van der Waals surface area contributed by atoms with Crippen LogP contribution in [0.5, 0.6) is 0 Å². The molecule has 1 aromatic heterocycles. The van der Waals surface area contributed by atoms with E-state index >= 15 is 0 Å². The molecule has 0 radical (unpaired) electrons. The molecule has 20 heavy (non-hydrogen) atoms. The second kappa shape index (κ2) is 5.13. The van der Waals surface area contributed by atoms with Crippen LogP contribution in [0.4, 0.5) is 5.69 Å². The first-order chi connectivity index (χ1) is 9.65. The zero-order valence-electron chi connectivity index (χ0n) is 10.8. The molecule has 0 aliphatic rings. The third-order valence-electron chi connectivity index (χ3n) is 3.09. The zero-order chi connectivity index (χ0) is 14.1. The van der Waals surface area contributed by atoms with Crippen LogP contribution < -0.4 is 5.32 Å². The highest BCUT2D eigenvalue weighted by Crippen LogP contribution is 2.25. The minimum Gasteiger partial charge on any atom is -0.451 e. The van der Waals surface area contributed by atoms with E-state index in [1.807, 2.05) is 49.4 Å². The van der Waals surface area contributed by atoms with Crippen LogP contribution in [0.15, 0.2) is 57.4 Å². The number of amides is 1. The summed E-state index contributed by atoms with van der Waals surface area (Å²) in [6.45, 7) is 1.96. The number of anilines is 1. The molecular formula is C16H12BrNO2. The number of aryl methyl sites for hydroxylation is 1. The smallest absolute Gasteiger partial charge is 0.291 e. The first-order valence-corrected chi connectivity index (χ1v) is 6.99. The van der Waals surface area contributed by atoms with Crippen LogP contribution in [0.2, 0.25) is 0 Å². The van der Waals surface area contributed by atoms with Crippen molar-refractivity contribution in [3.05, 3.63) is 64.3 Å². The van der Waals surface area contributed by atoms with E-state index in [4.69, 9.17) is 4.42 Å². The molecule has 1 N–H and O–H groups in total. The van der Waals surface area contributed by atoms with Crippen LogP contribution in [0, 0.1) is 6.92 Å². The molecule has 4 heteroatoms. The van der Waals surface area contributed by atoms with Crippen molar-refractivity contribution in [1.82, 2.24) is 0 Å². The summed E-state index contributed by atoms with van der Waals surface area (Å²) >= 11 is 3.40. The quantitative estimate of drug-likeness (QED) is 0.736. The van der Waals surface area contributed by atoms with Crippen LogP contribution in [0.1, 0.15) is 16.1 Å². The van der Waals surface area contributed by atoms with E-state index in [9.17, 15) is 4.79 Å². The first-order valence-electron chi connectivity index (χ1n) is 6.20. The Morgan fingerprint density at radius 2 is 1.95 bits per heavy atom. The monoisotopic (exact) mass is 329 g/mol. The van der Waals surface area contributed by atoms with Crippen molar-refractivity contribution in [2.24, 2.45) is 0 Å². The number of carbonyl (C=O) groups excluding carboxylic acids is 1. The van der Waals surface area contributed by atoms with Gasteiger partial charge in [0.25, 0.3) is 5.91 Å². The largest absolute Gasteiger partial charge is 0.451 e. The van der Waals surface area contributed by atoms with E-state index in [1.54, 1.807) is 6.07 Å². The van der Waals surface area contributed by atoms with E-state index in [2.05, 4.69) is 21.2 Å². The number of nitrogens with one attached hydrogen (secondary N) is 1.